The largest absolute Gasteiger partial charge is 0.434 e. The van der Waals surface area contributed by atoms with Crippen LogP contribution in [0.2, 0.25) is 0 Å². The highest BCUT2D eigenvalue weighted by Gasteiger charge is 2.17. The second-order valence-corrected chi connectivity index (χ2v) is 7.71. The number of aryl methyl sites for hydroxylation is 1. The van der Waals surface area contributed by atoms with Gasteiger partial charge in [-0.1, -0.05) is 24.6 Å². The lowest BCUT2D eigenvalue weighted by molar-refractivity contribution is -0.0504. The van der Waals surface area contributed by atoms with Crippen LogP contribution in [0.4, 0.5) is 14.6 Å². The molecule has 2 aromatic rings. The summed E-state index contributed by atoms with van der Waals surface area (Å²) in [5.74, 6) is 1.72. The van der Waals surface area contributed by atoms with Gasteiger partial charge in [-0.15, -0.1) is 0 Å². The normalized spacial score (nSPS) is 15.2. The molecule has 1 aliphatic rings. The van der Waals surface area contributed by atoms with Crippen LogP contribution in [-0.2, 0) is 13.1 Å². The van der Waals surface area contributed by atoms with Crippen molar-refractivity contribution in [1.29, 1.82) is 0 Å². The van der Waals surface area contributed by atoms with E-state index in [0.717, 1.165) is 49.7 Å². The van der Waals surface area contributed by atoms with E-state index in [1.807, 2.05) is 25.3 Å². The van der Waals surface area contributed by atoms with Gasteiger partial charge in [-0.2, -0.15) is 8.78 Å². The molecule has 2 heterocycles. The number of aliphatic imine (C=N–C) groups is 1. The number of ether oxygens (including phenoxy) is 1. The summed E-state index contributed by atoms with van der Waals surface area (Å²) in [7, 11) is 1.67. The molecule has 0 radical (unpaired) electrons. The Balaban J connectivity index is 1.56. The summed E-state index contributed by atoms with van der Waals surface area (Å²) in [4.78, 5) is 13.5. The molecular formula is C23H32F2N6O. The van der Waals surface area contributed by atoms with Crippen molar-refractivity contribution in [3.63, 3.8) is 0 Å². The standard InChI is InChI=1S/C23H32F2N6O/c1-4-30-9-11-31(12-10-30)21-14-18(7-8-27-21)15-28-23(26-3)29-16-19-13-17(2)5-6-20(19)32-22(24)25/h5-8,13-14,22H,4,9-12,15-16H2,1-3H3,(H2,26,28,29). The van der Waals surface area contributed by atoms with E-state index in [1.54, 1.807) is 19.2 Å². The minimum absolute atomic E-state index is 0.162. The first-order chi connectivity index (χ1) is 15.5. The van der Waals surface area contributed by atoms with Crippen molar-refractivity contribution < 1.29 is 13.5 Å². The van der Waals surface area contributed by atoms with Gasteiger partial charge in [0.25, 0.3) is 0 Å². The monoisotopic (exact) mass is 446 g/mol. The van der Waals surface area contributed by atoms with Gasteiger partial charge in [0.1, 0.15) is 11.6 Å². The molecule has 0 atom stereocenters. The van der Waals surface area contributed by atoms with Crippen LogP contribution in [0, 0.1) is 6.92 Å². The fraction of sp³-hybridized carbons (Fsp3) is 0.478. The van der Waals surface area contributed by atoms with Crippen molar-refractivity contribution in [3.05, 3.63) is 53.2 Å². The topological polar surface area (TPSA) is 65.0 Å². The number of guanidine groups is 1. The number of likely N-dealkylation sites (N-methyl/N-ethyl adjacent to an activating group) is 1. The number of anilines is 1. The molecule has 0 unspecified atom stereocenters. The molecule has 0 saturated carbocycles. The Kier molecular flexibility index (Phi) is 8.61. The highest BCUT2D eigenvalue weighted by atomic mass is 19.3. The van der Waals surface area contributed by atoms with Crippen LogP contribution in [-0.4, -0.2) is 62.2 Å². The predicted molar refractivity (Wildman–Crippen MR) is 123 cm³/mol. The van der Waals surface area contributed by atoms with Crippen molar-refractivity contribution in [3.8, 4) is 5.75 Å². The number of aromatic nitrogens is 1. The Morgan fingerprint density at radius 3 is 2.56 bits per heavy atom. The van der Waals surface area contributed by atoms with E-state index in [-0.39, 0.29) is 5.75 Å². The van der Waals surface area contributed by atoms with E-state index in [0.29, 0.717) is 24.6 Å². The first-order valence-corrected chi connectivity index (χ1v) is 10.9. The fourth-order valence-corrected chi connectivity index (χ4v) is 3.68. The zero-order chi connectivity index (χ0) is 22.9. The molecule has 0 bridgehead atoms. The Morgan fingerprint density at radius 1 is 1.12 bits per heavy atom. The van der Waals surface area contributed by atoms with E-state index >= 15 is 0 Å². The number of alkyl halides is 2. The molecule has 174 valence electrons. The van der Waals surface area contributed by atoms with Gasteiger partial charge in [0.2, 0.25) is 0 Å². The van der Waals surface area contributed by atoms with Crippen LogP contribution in [0.15, 0.2) is 41.5 Å². The number of benzene rings is 1. The molecule has 2 N–H and O–H groups in total. The van der Waals surface area contributed by atoms with Gasteiger partial charge in [0.05, 0.1) is 0 Å². The number of nitrogens with one attached hydrogen (secondary N) is 2. The first-order valence-electron chi connectivity index (χ1n) is 10.9. The summed E-state index contributed by atoms with van der Waals surface area (Å²) < 4.78 is 30.0. The second kappa shape index (κ2) is 11.6. The van der Waals surface area contributed by atoms with Crippen LogP contribution in [0.5, 0.6) is 5.75 Å². The highest BCUT2D eigenvalue weighted by Crippen LogP contribution is 2.22. The summed E-state index contributed by atoms with van der Waals surface area (Å²) >= 11 is 0. The van der Waals surface area contributed by atoms with Crippen LogP contribution in [0.1, 0.15) is 23.6 Å². The lowest BCUT2D eigenvalue weighted by Crippen LogP contribution is -2.46. The van der Waals surface area contributed by atoms with Crippen molar-refractivity contribution in [1.82, 2.24) is 20.5 Å². The van der Waals surface area contributed by atoms with Crippen molar-refractivity contribution >= 4 is 11.8 Å². The van der Waals surface area contributed by atoms with Crippen molar-refractivity contribution in [2.24, 2.45) is 4.99 Å². The molecule has 32 heavy (non-hydrogen) atoms. The zero-order valence-electron chi connectivity index (χ0n) is 18.9. The van der Waals surface area contributed by atoms with E-state index in [4.69, 9.17) is 0 Å². The van der Waals surface area contributed by atoms with Gasteiger partial charge in [-0.05, 0) is 37.2 Å². The summed E-state index contributed by atoms with van der Waals surface area (Å²) in [5, 5.41) is 6.44. The Labute approximate surface area is 188 Å². The van der Waals surface area contributed by atoms with E-state index in [2.05, 4.69) is 48.1 Å². The lowest BCUT2D eigenvalue weighted by Gasteiger charge is -2.34. The summed E-state index contributed by atoms with van der Waals surface area (Å²) in [6.45, 7) is 7.24. The molecular weight excluding hydrogens is 414 g/mol. The average molecular weight is 447 g/mol. The van der Waals surface area contributed by atoms with Crippen molar-refractivity contribution in [2.75, 3.05) is 44.7 Å². The van der Waals surface area contributed by atoms with Crippen LogP contribution < -0.4 is 20.3 Å². The van der Waals surface area contributed by atoms with E-state index < -0.39 is 6.61 Å². The van der Waals surface area contributed by atoms with Crippen LogP contribution in [0.3, 0.4) is 0 Å². The van der Waals surface area contributed by atoms with Gasteiger partial charge < -0.3 is 25.2 Å². The van der Waals surface area contributed by atoms with Gasteiger partial charge in [-0.25, -0.2) is 4.98 Å². The zero-order valence-corrected chi connectivity index (χ0v) is 18.9. The first kappa shape index (κ1) is 23.7. The molecule has 1 aromatic carbocycles. The smallest absolute Gasteiger partial charge is 0.387 e. The van der Waals surface area contributed by atoms with Crippen LogP contribution >= 0.6 is 0 Å². The Morgan fingerprint density at radius 2 is 1.88 bits per heavy atom. The predicted octanol–water partition coefficient (Wildman–Crippen LogP) is 3.00. The Hall–Kier alpha value is -2.94. The fourth-order valence-electron chi connectivity index (χ4n) is 3.68. The molecule has 1 aromatic heterocycles. The minimum Gasteiger partial charge on any atom is -0.434 e. The third-order valence-corrected chi connectivity index (χ3v) is 5.52. The maximum Gasteiger partial charge on any atom is 0.387 e. The number of hydrogen-bond acceptors (Lipinski definition) is 5. The third kappa shape index (κ3) is 6.78. The summed E-state index contributed by atoms with van der Waals surface area (Å²) in [6.07, 6.45) is 1.83. The summed E-state index contributed by atoms with van der Waals surface area (Å²) in [5.41, 5.74) is 2.70. The quantitative estimate of drug-likeness (QED) is 0.480. The molecule has 1 aliphatic heterocycles. The summed E-state index contributed by atoms with van der Waals surface area (Å²) in [6, 6.07) is 9.20. The molecule has 0 spiro atoms. The molecule has 1 fully saturated rings. The molecule has 0 amide bonds. The molecule has 7 nitrogen and oxygen atoms in total. The number of pyridine rings is 1. The van der Waals surface area contributed by atoms with Crippen LogP contribution in [0.25, 0.3) is 0 Å². The SMILES string of the molecule is CCN1CCN(c2cc(CNC(=NC)NCc3cc(C)ccc3OC(F)F)ccn2)CC1. The van der Waals surface area contributed by atoms with Gasteiger partial charge >= 0.3 is 6.61 Å². The van der Waals surface area contributed by atoms with E-state index in [9.17, 15) is 8.78 Å². The number of hydrogen-bond donors (Lipinski definition) is 2. The molecule has 0 aliphatic carbocycles. The van der Waals surface area contributed by atoms with Gasteiger partial charge in [0, 0.05) is 58.1 Å². The average Bonchev–Trinajstić information content (AvgIpc) is 2.80. The number of nitrogens with zero attached hydrogens (tertiary/aromatic N) is 4. The van der Waals surface area contributed by atoms with Crippen molar-refractivity contribution in [2.45, 2.75) is 33.5 Å². The second-order valence-electron chi connectivity index (χ2n) is 7.71. The third-order valence-electron chi connectivity index (χ3n) is 5.52. The van der Waals surface area contributed by atoms with Gasteiger partial charge in [-0.3, -0.25) is 4.99 Å². The maximum atomic E-state index is 12.7. The van der Waals surface area contributed by atoms with Gasteiger partial charge in [0.15, 0.2) is 5.96 Å². The number of piperazine rings is 1. The Bertz CT molecular complexity index is 900. The number of halogens is 2. The molecule has 1 saturated heterocycles. The minimum atomic E-state index is -2.86. The van der Waals surface area contributed by atoms with E-state index in [1.165, 1.54) is 0 Å². The molecule has 3 rings (SSSR count). The highest BCUT2D eigenvalue weighted by molar-refractivity contribution is 5.79. The number of rotatable bonds is 8. The lowest BCUT2D eigenvalue weighted by atomic mass is 10.1. The maximum absolute atomic E-state index is 12.7. The molecule has 9 heteroatoms.